The van der Waals surface area contributed by atoms with Gasteiger partial charge in [0.25, 0.3) is 0 Å². The van der Waals surface area contributed by atoms with E-state index < -0.39 is 0 Å². The number of halogens is 1. The first kappa shape index (κ1) is 54.8. The standard InChI is InChI=1S/C27H32N6OS.C26H30N6O2S.CH3Cl/c1-7-18(13-23(34)24-15-29-25(35-24)27(3,4)5)21-9-8-19(12-17(21)2)22-10-11-28-26(32-22)31-20-14-30-33(6)16-20;1-16-10-17(21-8-9-27-25(31-21)30-19-12-29-32(5)14-19)6-7-20(16)18(15-33)11-22(34)23-13-28-24(35-23)26(2,3)4;1-2/h8-12,14-16,18H,7,13H2,1-6H3,(H,28,31,32);6-10,12-14,18,33H,11,15H2,1-5H3,(H,27,30,31);1H3. The van der Waals surface area contributed by atoms with E-state index >= 15 is 0 Å². The summed E-state index contributed by atoms with van der Waals surface area (Å²) in [6.45, 7) is 18.7. The lowest BCUT2D eigenvalue weighted by molar-refractivity contribution is 0.0960. The van der Waals surface area contributed by atoms with Gasteiger partial charge in [0, 0.05) is 98.4 Å². The van der Waals surface area contributed by atoms with Crippen molar-refractivity contribution >= 4 is 69.1 Å². The third-order valence-corrected chi connectivity index (χ3v) is 14.6. The van der Waals surface area contributed by atoms with Gasteiger partial charge in [0.2, 0.25) is 11.9 Å². The molecule has 6 aromatic heterocycles. The fraction of sp³-hybridized carbons (Fsp3) is 0.370. The molecule has 378 valence electrons. The first-order chi connectivity index (χ1) is 34.3. The number of benzene rings is 2. The molecule has 0 amide bonds. The molecule has 0 radical (unpaired) electrons. The molecule has 18 heteroatoms. The largest absolute Gasteiger partial charge is 0.396 e. The van der Waals surface area contributed by atoms with Crippen LogP contribution in [0.1, 0.15) is 131 Å². The van der Waals surface area contributed by atoms with Crippen molar-refractivity contribution in [3.8, 4) is 22.5 Å². The maximum Gasteiger partial charge on any atom is 0.227 e. The van der Waals surface area contributed by atoms with E-state index in [1.807, 2.05) is 63.7 Å². The van der Waals surface area contributed by atoms with Crippen LogP contribution in [0.15, 0.2) is 98.1 Å². The molecule has 0 fully saturated rings. The molecule has 2 atom stereocenters. The molecule has 2 unspecified atom stereocenters. The number of aromatic nitrogens is 10. The van der Waals surface area contributed by atoms with Gasteiger partial charge in [-0.15, -0.1) is 34.3 Å². The lowest BCUT2D eigenvalue weighted by Gasteiger charge is -2.18. The summed E-state index contributed by atoms with van der Waals surface area (Å²) in [5, 5.41) is 26.7. The van der Waals surface area contributed by atoms with Gasteiger partial charge in [0.05, 0.1) is 61.5 Å². The molecule has 0 spiro atoms. The summed E-state index contributed by atoms with van der Waals surface area (Å²) in [5.41, 5.74) is 9.36. The van der Waals surface area contributed by atoms with Gasteiger partial charge in [0.1, 0.15) is 0 Å². The normalized spacial score (nSPS) is 12.2. The third kappa shape index (κ3) is 14.3. The molecular weight excluding hydrogens is 964 g/mol. The Morgan fingerprint density at radius 1 is 0.639 bits per heavy atom. The highest BCUT2D eigenvalue weighted by atomic mass is 35.5. The van der Waals surface area contributed by atoms with E-state index in [-0.39, 0.29) is 47.3 Å². The monoisotopic (exact) mass is 1030 g/mol. The molecule has 8 rings (SSSR count). The Morgan fingerprint density at radius 2 is 1.06 bits per heavy atom. The molecule has 8 aromatic rings. The molecule has 2 aromatic carbocycles. The summed E-state index contributed by atoms with van der Waals surface area (Å²) >= 11 is 7.59. The SMILES string of the molecule is CCC(CC(=O)c1cnc(C(C)(C)C)s1)c1ccc(-c2ccnc(Nc3cnn(C)c3)n2)cc1C.CCl.Cc1cc(-c2ccnc(Nc3cnn(C)c3)n2)ccc1C(CO)CC(=O)c1cnc(C(C)(C)C)s1. The van der Waals surface area contributed by atoms with Crippen molar-refractivity contribution in [1.82, 2.24) is 49.5 Å². The molecule has 3 N–H and O–H groups in total. The number of carbonyl (C=O) groups excluding carboxylic acids is 2. The Kier molecular flexibility index (Phi) is 18.5. The number of hydrogen-bond acceptors (Lipinski definition) is 15. The average Bonchev–Trinajstić information content (AvgIpc) is 4.20. The summed E-state index contributed by atoms with van der Waals surface area (Å²) in [4.78, 5) is 54.2. The molecule has 0 aliphatic rings. The number of alkyl halides is 1. The van der Waals surface area contributed by atoms with Crippen LogP contribution in [-0.2, 0) is 24.9 Å². The number of ketones is 2. The number of aryl methyl sites for hydroxylation is 4. The highest BCUT2D eigenvalue weighted by Gasteiger charge is 2.25. The van der Waals surface area contributed by atoms with Crippen molar-refractivity contribution < 1.29 is 14.7 Å². The van der Waals surface area contributed by atoms with Gasteiger partial charge in [-0.2, -0.15) is 10.2 Å². The highest BCUT2D eigenvalue weighted by molar-refractivity contribution is 7.14. The molecule has 0 saturated heterocycles. The van der Waals surface area contributed by atoms with Crippen LogP contribution in [0.3, 0.4) is 0 Å². The molecule has 0 saturated carbocycles. The number of rotatable bonds is 16. The fourth-order valence-electron chi connectivity index (χ4n) is 7.87. The molecular formula is C54H65ClN12O3S2. The smallest absolute Gasteiger partial charge is 0.227 e. The second kappa shape index (κ2) is 24.3. The number of Topliss-reactive ketones (excluding diaryl/α,β-unsaturated/α-hetero) is 2. The zero-order chi connectivity index (χ0) is 52.3. The summed E-state index contributed by atoms with van der Waals surface area (Å²) in [6, 6.07) is 16.1. The van der Waals surface area contributed by atoms with E-state index in [4.69, 9.17) is 0 Å². The van der Waals surface area contributed by atoms with Crippen LogP contribution >= 0.6 is 34.3 Å². The van der Waals surface area contributed by atoms with Crippen molar-refractivity contribution in [3.05, 3.63) is 140 Å². The van der Waals surface area contributed by atoms with Gasteiger partial charge in [0.15, 0.2) is 11.6 Å². The number of hydrogen-bond donors (Lipinski definition) is 3. The number of anilines is 4. The third-order valence-electron chi connectivity index (χ3n) is 11.7. The quantitative estimate of drug-likeness (QED) is 0.0612. The Morgan fingerprint density at radius 3 is 1.40 bits per heavy atom. The van der Waals surface area contributed by atoms with E-state index in [1.54, 1.807) is 46.5 Å². The summed E-state index contributed by atoms with van der Waals surface area (Å²) in [7, 11) is 3.71. The minimum atomic E-state index is -0.287. The van der Waals surface area contributed by atoms with Crippen molar-refractivity contribution in [3.63, 3.8) is 0 Å². The first-order valence-corrected chi connectivity index (χ1v) is 26.0. The van der Waals surface area contributed by atoms with Crippen LogP contribution in [0.4, 0.5) is 23.3 Å². The zero-order valence-corrected chi connectivity index (χ0v) is 45.5. The van der Waals surface area contributed by atoms with Crippen molar-refractivity contribution in [1.29, 1.82) is 0 Å². The number of aliphatic hydroxyl groups is 1. The van der Waals surface area contributed by atoms with Crippen LogP contribution in [0.5, 0.6) is 0 Å². The number of carbonyl (C=O) groups is 2. The van der Waals surface area contributed by atoms with Crippen LogP contribution < -0.4 is 10.6 Å². The van der Waals surface area contributed by atoms with Gasteiger partial charge in [-0.25, -0.2) is 29.9 Å². The molecule has 0 aliphatic carbocycles. The predicted octanol–water partition coefficient (Wildman–Crippen LogP) is 12.3. The molecule has 72 heavy (non-hydrogen) atoms. The molecule has 6 heterocycles. The van der Waals surface area contributed by atoms with Gasteiger partial charge in [-0.1, -0.05) is 72.7 Å². The van der Waals surface area contributed by atoms with Crippen molar-refractivity contribution in [2.45, 2.75) is 104 Å². The van der Waals surface area contributed by atoms with Gasteiger partial charge < -0.3 is 15.7 Å². The number of aliphatic hydroxyl groups excluding tert-OH is 1. The Balaban J connectivity index is 0.000000228. The number of thiazole rings is 2. The van der Waals surface area contributed by atoms with E-state index in [2.05, 4.69) is 136 Å². The second-order valence-electron chi connectivity index (χ2n) is 19.5. The maximum atomic E-state index is 13.1. The maximum absolute atomic E-state index is 13.1. The minimum absolute atomic E-state index is 0.00226. The van der Waals surface area contributed by atoms with Crippen LogP contribution in [-0.4, -0.2) is 79.1 Å². The molecule has 0 aliphatic heterocycles. The lowest BCUT2D eigenvalue weighted by atomic mass is 9.87. The van der Waals surface area contributed by atoms with E-state index in [0.717, 1.165) is 71.9 Å². The fourth-order valence-corrected chi connectivity index (χ4v) is 9.72. The highest BCUT2D eigenvalue weighted by Crippen LogP contribution is 2.35. The molecule has 15 nitrogen and oxygen atoms in total. The summed E-state index contributed by atoms with van der Waals surface area (Å²) in [6.07, 6.45) is 17.1. The number of nitrogens with one attached hydrogen (secondary N) is 2. The van der Waals surface area contributed by atoms with E-state index in [1.165, 1.54) is 34.6 Å². The van der Waals surface area contributed by atoms with E-state index in [0.29, 0.717) is 23.2 Å². The van der Waals surface area contributed by atoms with Crippen LogP contribution in [0.25, 0.3) is 22.5 Å². The van der Waals surface area contributed by atoms with Crippen molar-refractivity contribution in [2.75, 3.05) is 23.6 Å². The number of nitrogens with zero attached hydrogens (tertiary/aromatic N) is 10. The Hall–Kier alpha value is -6.53. The predicted molar refractivity (Wildman–Crippen MR) is 292 cm³/mol. The average molecular weight is 1030 g/mol. The first-order valence-electron chi connectivity index (χ1n) is 23.6. The summed E-state index contributed by atoms with van der Waals surface area (Å²) in [5.74, 6) is 1.04. The minimum Gasteiger partial charge on any atom is -0.396 e. The van der Waals surface area contributed by atoms with Crippen LogP contribution in [0.2, 0.25) is 0 Å². The summed E-state index contributed by atoms with van der Waals surface area (Å²) < 4.78 is 3.43. The lowest BCUT2D eigenvalue weighted by Crippen LogP contribution is -2.12. The van der Waals surface area contributed by atoms with Gasteiger partial charge >= 0.3 is 0 Å². The topological polar surface area (TPSA) is 191 Å². The van der Waals surface area contributed by atoms with Crippen molar-refractivity contribution in [2.24, 2.45) is 14.1 Å². The van der Waals surface area contributed by atoms with Gasteiger partial charge in [-0.05, 0) is 72.7 Å². The van der Waals surface area contributed by atoms with E-state index in [9.17, 15) is 14.7 Å². The Bertz CT molecular complexity index is 2880. The van der Waals surface area contributed by atoms with Gasteiger partial charge in [-0.3, -0.25) is 19.0 Å². The molecule has 0 bridgehead atoms. The Labute approximate surface area is 435 Å². The zero-order valence-electron chi connectivity index (χ0n) is 43.2. The second-order valence-corrected chi connectivity index (χ2v) is 21.6. The van der Waals surface area contributed by atoms with Crippen LogP contribution in [0, 0.1) is 13.8 Å².